The van der Waals surface area contributed by atoms with E-state index in [0.717, 1.165) is 0 Å². The molecule has 3 heteroatoms. The Kier molecular flexibility index (Phi) is 2.80. The first-order chi connectivity index (χ1) is 5.70. The van der Waals surface area contributed by atoms with Gasteiger partial charge in [0.15, 0.2) is 18.4 Å². The van der Waals surface area contributed by atoms with Crippen LogP contribution in [0.5, 0.6) is 0 Å². The SMILES string of the molecule is CC(CC(=O)O)[n+]1ccccc1. The molecule has 0 radical (unpaired) electrons. The number of hydrogen-bond acceptors (Lipinski definition) is 1. The van der Waals surface area contributed by atoms with E-state index in [4.69, 9.17) is 5.11 Å². The molecule has 1 heterocycles. The predicted octanol–water partition coefficient (Wildman–Crippen LogP) is 1.01. The van der Waals surface area contributed by atoms with E-state index in [1.807, 2.05) is 42.1 Å². The van der Waals surface area contributed by atoms with Crippen molar-refractivity contribution >= 4 is 5.97 Å². The molecule has 0 saturated carbocycles. The first kappa shape index (κ1) is 8.71. The highest BCUT2D eigenvalue weighted by Gasteiger charge is 2.14. The van der Waals surface area contributed by atoms with Crippen molar-refractivity contribution in [3.63, 3.8) is 0 Å². The summed E-state index contributed by atoms with van der Waals surface area (Å²) >= 11 is 0. The van der Waals surface area contributed by atoms with Crippen LogP contribution in [0, 0.1) is 0 Å². The number of aromatic nitrogens is 1. The van der Waals surface area contributed by atoms with E-state index in [0.29, 0.717) is 0 Å². The van der Waals surface area contributed by atoms with Crippen LogP contribution in [0.15, 0.2) is 30.6 Å². The number of carboxylic acid groups (broad SMARTS) is 1. The molecule has 3 nitrogen and oxygen atoms in total. The lowest BCUT2D eigenvalue weighted by molar-refractivity contribution is -0.718. The first-order valence-electron chi connectivity index (χ1n) is 3.87. The van der Waals surface area contributed by atoms with Crippen LogP contribution in [0.2, 0.25) is 0 Å². The number of rotatable bonds is 3. The Morgan fingerprint density at radius 1 is 1.42 bits per heavy atom. The Balaban J connectivity index is 2.65. The summed E-state index contributed by atoms with van der Waals surface area (Å²) in [4.78, 5) is 10.4. The molecule has 1 atom stereocenters. The van der Waals surface area contributed by atoms with Gasteiger partial charge in [-0.2, -0.15) is 0 Å². The van der Waals surface area contributed by atoms with Crippen molar-refractivity contribution in [3.8, 4) is 0 Å². The summed E-state index contributed by atoms with van der Waals surface area (Å²) in [5, 5.41) is 8.53. The normalized spacial score (nSPS) is 12.4. The molecule has 12 heavy (non-hydrogen) atoms. The van der Waals surface area contributed by atoms with Crippen LogP contribution in [0.3, 0.4) is 0 Å². The molecule has 0 fully saturated rings. The van der Waals surface area contributed by atoms with Crippen LogP contribution in [-0.4, -0.2) is 11.1 Å². The number of nitrogens with zero attached hydrogens (tertiary/aromatic N) is 1. The van der Waals surface area contributed by atoms with Crippen molar-refractivity contribution in [1.29, 1.82) is 0 Å². The smallest absolute Gasteiger partial charge is 0.310 e. The molecule has 0 saturated heterocycles. The van der Waals surface area contributed by atoms with Crippen LogP contribution >= 0.6 is 0 Å². The van der Waals surface area contributed by atoms with Gasteiger partial charge in [0.1, 0.15) is 6.42 Å². The Morgan fingerprint density at radius 3 is 2.50 bits per heavy atom. The van der Waals surface area contributed by atoms with Crippen molar-refractivity contribution in [2.75, 3.05) is 0 Å². The van der Waals surface area contributed by atoms with Gasteiger partial charge in [0.2, 0.25) is 0 Å². The molecular weight excluding hydrogens is 154 g/mol. The summed E-state index contributed by atoms with van der Waals surface area (Å²) in [6.07, 6.45) is 3.90. The molecule has 0 aromatic carbocycles. The van der Waals surface area contributed by atoms with Crippen LogP contribution < -0.4 is 4.57 Å². The number of carbonyl (C=O) groups is 1. The zero-order valence-corrected chi connectivity index (χ0v) is 6.97. The molecule has 0 aliphatic heterocycles. The van der Waals surface area contributed by atoms with Gasteiger partial charge in [-0.1, -0.05) is 6.07 Å². The quantitative estimate of drug-likeness (QED) is 0.681. The van der Waals surface area contributed by atoms with Crippen molar-refractivity contribution in [1.82, 2.24) is 0 Å². The highest BCUT2D eigenvalue weighted by atomic mass is 16.4. The average Bonchev–Trinajstić information content (AvgIpc) is 2.05. The van der Waals surface area contributed by atoms with Crippen molar-refractivity contribution in [3.05, 3.63) is 30.6 Å². The van der Waals surface area contributed by atoms with Crippen molar-refractivity contribution in [2.45, 2.75) is 19.4 Å². The minimum atomic E-state index is -0.765. The summed E-state index contributed by atoms with van der Waals surface area (Å²) in [6, 6.07) is 5.70. The third kappa shape index (κ3) is 2.34. The highest BCUT2D eigenvalue weighted by molar-refractivity contribution is 5.66. The van der Waals surface area contributed by atoms with E-state index in [1.165, 1.54) is 0 Å². The Labute approximate surface area is 71.3 Å². The van der Waals surface area contributed by atoms with E-state index in [2.05, 4.69) is 0 Å². The molecule has 0 spiro atoms. The standard InChI is InChI=1S/C9H11NO2/c1-8(7-9(11)12)10-5-3-2-4-6-10/h2-6,8H,7H2,1H3/p+1. The monoisotopic (exact) mass is 166 g/mol. The molecule has 1 unspecified atom stereocenters. The molecular formula is C9H12NO2+. The molecule has 64 valence electrons. The van der Waals surface area contributed by atoms with Crippen LogP contribution in [0.4, 0.5) is 0 Å². The van der Waals surface area contributed by atoms with Crippen LogP contribution in [0.25, 0.3) is 0 Å². The fourth-order valence-corrected chi connectivity index (χ4v) is 1.06. The van der Waals surface area contributed by atoms with Gasteiger partial charge in [-0.25, -0.2) is 4.57 Å². The highest BCUT2D eigenvalue weighted by Crippen LogP contribution is 1.99. The number of hydrogen-bond donors (Lipinski definition) is 1. The molecule has 0 amide bonds. The number of pyridine rings is 1. The minimum Gasteiger partial charge on any atom is -0.481 e. The van der Waals surface area contributed by atoms with Gasteiger partial charge in [0, 0.05) is 12.1 Å². The largest absolute Gasteiger partial charge is 0.481 e. The second-order valence-corrected chi connectivity index (χ2v) is 2.77. The lowest BCUT2D eigenvalue weighted by Crippen LogP contribution is -2.37. The summed E-state index contributed by atoms with van der Waals surface area (Å²) in [6.45, 7) is 1.88. The third-order valence-electron chi connectivity index (χ3n) is 1.72. The summed E-state index contributed by atoms with van der Waals surface area (Å²) in [5.74, 6) is -0.765. The maximum Gasteiger partial charge on any atom is 0.310 e. The molecule has 1 N–H and O–H groups in total. The zero-order valence-electron chi connectivity index (χ0n) is 6.97. The summed E-state index contributed by atoms with van der Waals surface area (Å²) in [5.41, 5.74) is 0. The predicted molar refractivity (Wildman–Crippen MR) is 43.6 cm³/mol. The van der Waals surface area contributed by atoms with Gasteiger partial charge in [0.05, 0.1) is 0 Å². The Morgan fingerprint density at radius 2 is 2.00 bits per heavy atom. The van der Waals surface area contributed by atoms with Gasteiger partial charge in [-0.05, 0) is 6.92 Å². The van der Waals surface area contributed by atoms with E-state index in [9.17, 15) is 4.79 Å². The Hall–Kier alpha value is -1.38. The van der Waals surface area contributed by atoms with Gasteiger partial charge < -0.3 is 5.11 Å². The fraction of sp³-hybridized carbons (Fsp3) is 0.333. The molecule has 0 bridgehead atoms. The van der Waals surface area contributed by atoms with Crippen molar-refractivity contribution in [2.24, 2.45) is 0 Å². The van der Waals surface area contributed by atoms with E-state index in [-0.39, 0.29) is 12.5 Å². The summed E-state index contributed by atoms with van der Waals surface area (Å²) in [7, 11) is 0. The van der Waals surface area contributed by atoms with E-state index in [1.54, 1.807) is 0 Å². The second kappa shape index (κ2) is 3.85. The average molecular weight is 166 g/mol. The number of carboxylic acids is 1. The topological polar surface area (TPSA) is 41.2 Å². The van der Waals surface area contributed by atoms with E-state index < -0.39 is 5.97 Å². The zero-order chi connectivity index (χ0) is 8.97. The fourth-order valence-electron chi connectivity index (χ4n) is 1.06. The molecule has 0 aliphatic carbocycles. The Bertz CT molecular complexity index is 258. The summed E-state index contributed by atoms with van der Waals surface area (Å²) < 4.78 is 1.88. The van der Waals surface area contributed by atoms with Crippen molar-refractivity contribution < 1.29 is 14.5 Å². The molecule has 0 aliphatic rings. The first-order valence-corrected chi connectivity index (χ1v) is 3.87. The third-order valence-corrected chi connectivity index (χ3v) is 1.72. The maximum absolute atomic E-state index is 10.4. The molecule has 1 aromatic heterocycles. The van der Waals surface area contributed by atoms with Crippen LogP contribution in [0.1, 0.15) is 19.4 Å². The van der Waals surface area contributed by atoms with Gasteiger partial charge in [-0.3, -0.25) is 4.79 Å². The van der Waals surface area contributed by atoms with E-state index >= 15 is 0 Å². The van der Waals surface area contributed by atoms with Gasteiger partial charge >= 0.3 is 5.97 Å². The van der Waals surface area contributed by atoms with Gasteiger partial charge in [0.25, 0.3) is 0 Å². The van der Waals surface area contributed by atoms with Gasteiger partial charge in [-0.15, -0.1) is 0 Å². The molecule has 1 rings (SSSR count). The number of aliphatic carboxylic acids is 1. The lowest BCUT2D eigenvalue weighted by Gasteiger charge is -2.02. The maximum atomic E-state index is 10.4. The second-order valence-electron chi connectivity index (χ2n) is 2.77. The minimum absolute atomic E-state index is 0.0173. The van der Waals surface area contributed by atoms with Crippen LogP contribution in [-0.2, 0) is 4.79 Å². The molecule has 1 aromatic rings. The lowest BCUT2D eigenvalue weighted by atomic mass is 10.2.